The molecule has 0 saturated carbocycles. The minimum absolute atomic E-state index is 0.178. The molecule has 2 atom stereocenters. The van der Waals surface area contributed by atoms with Gasteiger partial charge in [0.1, 0.15) is 9.80 Å². The summed E-state index contributed by atoms with van der Waals surface area (Å²) in [7, 11) is 0. The van der Waals surface area contributed by atoms with Gasteiger partial charge in [0.15, 0.2) is 5.69 Å². The van der Waals surface area contributed by atoms with Crippen molar-refractivity contribution in [3.05, 3.63) is 113 Å². The first-order valence-corrected chi connectivity index (χ1v) is 13.7. The van der Waals surface area contributed by atoms with Crippen molar-refractivity contribution in [3.63, 3.8) is 0 Å². The number of amides is 1. The number of halogens is 4. The summed E-state index contributed by atoms with van der Waals surface area (Å²) < 4.78 is 41.0. The van der Waals surface area contributed by atoms with Gasteiger partial charge < -0.3 is 16.2 Å². The Bertz CT molecular complexity index is 1470. The molecule has 3 aromatic carbocycles. The zero-order valence-electron chi connectivity index (χ0n) is 21.8. The quantitative estimate of drug-likeness (QED) is 0.134. The molecule has 0 saturated heterocycles. The van der Waals surface area contributed by atoms with Crippen LogP contribution in [-0.4, -0.2) is 30.4 Å². The van der Waals surface area contributed by atoms with E-state index < -0.39 is 27.4 Å². The molecule has 0 spiro atoms. The number of rotatable bonds is 9. The maximum atomic E-state index is 13.6. The van der Waals surface area contributed by atoms with Gasteiger partial charge in [-0.2, -0.15) is 18.3 Å². The SMILES string of the molecule is CC(C)(NC(c1ccccc1)c1cccc(NC(=O)c2cc(C(F)(F)F)nn2-c2cccc(CN)c2)c1)C(O)I. The molecule has 11 heteroatoms. The van der Waals surface area contributed by atoms with Gasteiger partial charge in [-0.05, 0) is 77.4 Å². The molecule has 1 amide bonds. The summed E-state index contributed by atoms with van der Waals surface area (Å²) in [4.78, 5) is 13.4. The third-order valence-electron chi connectivity index (χ3n) is 6.35. The van der Waals surface area contributed by atoms with E-state index in [-0.39, 0.29) is 24.0 Å². The first-order chi connectivity index (χ1) is 18.9. The number of alkyl halides is 4. The van der Waals surface area contributed by atoms with E-state index in [0.717, 1.165) is 21.9 Å². The van der Waals surface area contributed by atoms with Gasteiger partial charge in [0.05, 0.1) is 11.7 Å². The number of carbonyl (C=O) groups is 1. The van der Waals surface area contributed by atoms with Crippen LogP contribution >= 0.6 is 22.6 Å². The first-order valence-electron chi connectivity index (χ1n) is 12.4. The second-order valence-electron chi connectivity index (χ2n) is 9.82. The van der Waals surface area contributed by atoms with Crippen LogP contribution in [0.2, 0.25) is 0 Å². The number of nitrogens with two attached hydrogens (primary N) is 1. The number of hydrogen-bond acceptors (Lipinski definition) is 5. The lowest BCUT2D eigenvalue weighted by molar-refractivity contribution is -0.141. The average Bonchev–Trinajstić information content (AvgIpc) is 3.39. The van der Waals surface area contributed by atoms with Crippen LogP contribution < -0.4 is 16.4 Å². The van der Waals surface area contributed by atoms with E-state index >= 15 is 0 Å². The van der Waals surface area contributed by atoms with Crippen molar-refractivity contribution in [2.75, 3.05) is 5.32 Å². The Labute approximate surface area is 243 Å². The minimum atomic E-state index is -4.74. The number of anilines is 1. The normalized spacial score (nSPS) is 13.6. The molecule has 0 fully saturated rings. The number of aliphatic hydroxyl groups excluding tert-OH is 1. The molecule has 0 radical (unpaired) electrons. The number of aliphatic hydroxyl groups is 1. The van der Waals surface area contributed by atoms with Gasteiger partial charge in [-0.3, -0.25) is 10.1 Å². The molecule has 210 valence electrons. The van der Waals surface area contributed by atoms with Crippen LogP contribution in [0.3, 0.4) is 0 Å². The van der Waals surface area contributed by atoms with Crippen molar-refractivity contribution in [2.45, 2.75) is 42.3 Å². The van der Waals surface area contributed by atoms with Crippen molar-refractivity contribution in [1.82, 2.24) is 15.1 Å². The molecule has 4 aromatic rings. The summed E-state index contributed by atoms with van der Waals surface area (Å²) >= 11 is 1.95. The second kappa shape index (κ2) is 12.1. The van der Waals surface area contributed by atoms with E-state index in [1.165, 1.54) is 0 Å². The monoisotopic (exact) mass is 663 g/mol. The molecule has 1 aromatic heterocycles. The van der Waals surface area contributed by atoms with Gasteiger partial charge in [-0.15, -0.1) is 0 Å². The Balaban J connectivity index is 1.70. The molecule has 0 aliphatic heterocycles. The minimum Gasteiger partial charge on any atom is -0.381 e. The zero-order valence-corrected chi connectivity index (χ0v) is 23.9. The standard InChI is InChI=1S/C29H29F3IN5O2/c1-28(2,27(33)40)36-25(19-9-4-3-5-10-19)20-11-7-12-21(15-20)35-26(39)23-16-24(29(30,31)32)37-38(23)22-13-6-8-18(14-22)17-34/h3-16,25,27,36,40H,17,34H2,1-2H3,(H,35,39). The molecule has 2 unspecified atom stereocenters. The second-order valence-corrected chi connectivity index (χ2v) is 11.0. The number of nitrogens with zero attached hydrogens (tertiary/aromatic N) is 2. The smallest absolute Gasteiger partial charge is 0.381 e. The Morgan fingerprint density at radius 1 is 1.00 bits per heavy atom. The highest BCUT2D eigenvalue weighted by molar-refractivity contribution is 14.1. The molecule has 0 aliphatic carbocycles. The molecular formula is C29H29F3IN5O2. The third-order valence-corrected chi connectivity index (χ3v) is 7.90. The van der Waals surface area contributed by atoms with Gasteiger partial charge >= 0.3 is 6.18 Å². The van der Waals surface area contributed by atoms with Crippen LogP contribution in [0.5, 0.6) is 0 Å². The lowest BCUT2D eigenvalue weighted by Gasteiger charge is -2.34. The number of carbonyl (C=O) groups excluding carboxylic acids is 1. The van der Waals surface area contributed by atoms with Gasteiger partial charge in [0.25, 0.3) is 5.91 Å². The molecule has 5 N–H and O–H groups in total. The van der Waals surface area contributed by atoms with Crippen LogP contribution in [-0.2, 0) is 12.7 Å². The average molecular weight is 663 g/mol. The molecule has 40 heavy (non-hydrogen) atoms. The highest BCUT2D eigenvalue weighted by atomic mass is 127. The fourth-order valence-electron chi connectivity index (χ4n) is 4.13. The fraction of sp³-hybridized carbons (Fsp3) is 0.241. The van der Waals surface area contributed by atoms with Crippen LogP contribution in [0.25, 0.3) is 5.69 Å². The van der Waals surface area contributed by atoms with E-state index in [4.69, 9.17) is 5.73 Å². The van der Waals surface area contributed by atoms with E-state index in [2.05, 4.69) is 15.7 Å². The summed E-state index contributed by atoms with van der Waals surface area (Å²) in [5.74, 6) is -0.759. The van der Waals surface area contributed by atoms with E-state index in [0.29, 0.717) is 11.3 Å². The molecule has 4 rings (SSSR count). The van der Waals surface area contributed by atoms with Crippen LogP contribution in [0.15, 0.2) is 84.9 Å². The van der Waals surface area contributed by atoms with Crippen LogP contribution in [0.4, 0.5) is 18.9 Å². The van der Waals surface area contributed by atoms with Crippen molar-refractivity contribution in [3.8, 4) is 5.69 Å². The molecule has 0 aliphatic rings. The lowest BCUT2D eigenvalue weighted by Crippen LogP contribution is -2.48. The lowest BCUT2D eigenvalue weighted by atomic mass is 9.94. The largest absolute Gasteiger partial charge is 0.435 e. The third kappa shape index (κ3) is 6.89. The highest BCUT2D eigenvalue weighted by Gasteiger charge is 2.36. The van der Waals surface area contributed by atoms with E-state index in [1.807, 2.05) is 72.8 Å². The first kappa shape index (κ1) is 29.7. The topological polar surface area (TPSA) is 105 Å². The molecule has 1 heterocycles. The van der Waals surface area contributed by atoms with Crippen molar-refractivity contribution in [2.24, 2.45) is 5.73 Å². The Hall–Kier alpha value is -3.26. The van der Waals surface area contributed by atoms with Gasteiger partial charge in [-0.25, -0.2) is 4.68 Å². The number of aromatic nitrogens is 2. The summed E-state index contributed by atoms with van der Waals surface area (Å²) in [6.45, 7) is 3.94. The molecular weight excluding hydrogens is 634 g/mol. The number of benzene rings is 3. The predicted octanol–water partition coefficient (Wildman–Crippen LogP) is 5.81. The Kier molecular flexibility index (Phi) is 8.98. The van der Waals surface area contributed by atoms with E-state index in [9.17, 15) is 23.1 Å². The Morgan fingerprint density at radius 3 is 2.33 bits per heavy atom. The zero-order chi connectivity index (χ0) is 29.1. The molecule has 7 nitrogen and oxygen atoms in total. The Morgan fingerprint density at radius 2 is 1.68 bits per heavy atom. The summed E-state index contributed by atoms with van der Waals surface area (Å²) in [6.07, 6.45) is -4.74. The number of nitrogens with one attached hydrogen (secondary N) is 2. The predicted molar refractivity (Wildman–Crippen MR) is 156 cm³/mol. The maximum absolute atomic E-state index is 13.6. The maximum Gasteiger partial charge on any atom is 0.435 e. The van der Waals surface area contributed by atoms with Crippen molar-refractivity contribution < 1.29 is 23.1 Å². The summed E-state index contributed by atoms with van der Waals surface area (Å²) in [6, 6.07) is 23.5. The summed E-state index contributed by atoms with van der Waals surface area (Å²) in [5, 5.41) is 20.2. The van der Waals surface area contributed by atoms with Crippen LogP contribution in [0, 0.1) is 0 Å². The number of hydrogen-bond donors (Lipinski definition) is 4. The van der Waals surface area contributed by atoms with Crippen molar-refractivity contribution >= 4 is 34.2 Å². The van der Waals surface area contributed by atoms with E-state index in [1.54, 1.807) is 42.5 Å². The molecule has 0 bridgehead atoms. The fourth-order valence-corrected chi connectivity index (χ4v) is 4.31. The van der Waals surface area contributed by atoms with Gasteiger partial charge in [0, 0.05) is 23.8 Å². The van der Waals surface area contributed by atoms with Gasteiger partial charge in [-0.1, -0.05) is 54.6 Å². The summed E-state index contributed by atoms with van der Waals surface area (Å²) in [5.41, 5.74) is 6.64. The highest BCUT2D eigenvalue weighted by Crippen LogP contribution is 2.31. The van der Waals surface area contributed by atoms with Crippen LogP contribution in [0.1, 0.15) is 52.8 Å². The van der Waals surface area contributed by atoms with Crippen molar-refractivity contribution in [1.29, 1.82) is 0 Å². The van der Waals surface area contributed by atoms with Gasteiger partial charge in [0.2, 0.25) is 0 Å².